The number of carboxylic acid groups (broad SMARTS) is 1. The largest absolute Gasteiger partial charge is 0.465 e. The Morgan fingerprint density at radius 3 is 2.63 bits per heavy atom. The Morgan fingerprint density at radius 1 is 1.21 bits per heavy atom. The fourth-order valence-corrected chi connectivity index (χ4v) is 4.56. The number of amides is 4. The molecular weight excluding hydrogens is 521 g/mol. The predicted octanol–water partition coefficient (Wildman–Crippen LogP) is 1.45. The summed E-state index contributed by atoms with van der Waals surface area (Å²) in [5, 5.41) is 18.4. The molecule has 38 heavy (non-hydrogen) atoms. The number of nitrogen functional groups attached to an aromatic ring is 1. The third-order valence-corrected chi connectivity index (χ3v) is 6.61. The van der Waals surface area contributed by atoms with E-state index in [-0.39, 0.29) is 42.0 Å². The van der Waals surface area contributed by atoms with Gasteiger partial charge in [0.2, 0.25) is 11.8 Å². The molecule has 200 valence electrons. The molecule has 14 heteroatoms. The number of carbonyl (C=O) groups is 4. The third-order valence-electron chi connectivity index (χ3n) is 6.32. The number of carbonyl (C=O) groups excluding carboxylic acids is 3. The molecule has 1 aliphatic rings. The molecule has 1 aliphatic carbocycles. The highest BCUT2D eigenvalue weighted by molar-refractivity contribution is 6.30. The van der Waals surface area contributed by atoms with E-state index < -0.39 is 35.7 Å². The lowest BCUT2D eigenvalue weighted by Crippen LogP contribution is -2.57. The van der Waals surface area contributed by atoms with Crippen LogP contribution in [0.15, 0.2) is 36.4 Å². The second kappa shape index (κ2) is 10.9. The van der Waals surface area contributed by atoms with Gasteiger partial charge in [-0.2, -0.15) is 5.10 Å². The fourth-order valence-electron chi connectivity index (χ4n) is 4.36. The zero-order valence-electron chi connectivity index (χ0n) is 20.0. The van der Waals surface area contributed by atoms with Crippen LogP contribution in [0.2, 0.25) is 5.02 Å². The van der Waals surface area contributed by atoms with Crippen LogP contribution in [0, 0.1) is 5.82 Å². The van der Waals surface area contributed by atoms with Crippen LogP contribution in [-0.4, -0.2) is 62.2 Å². The standard InChI is InChI=1S/C24H25ClFN7O5/c25-17-3-1-2-12(21(17)26)9-29-19(34)10-32(15-7-14(8-15)30-24(37)38)20(35)11-33-18-5-4-13(27)6-16(18)22(31-33)23(28)36/h1-6,14-15,30H,7-11,27H2,(H2,28,36)(H,29,34)(H,37,38). The Kier molecular flexibility index (Phi) is 7.67. The Labute approximate surface area is 220 Å². The Bertz CT molecular complexity index is 1420. The Hall–Kier alpha value is -4.39. The van der Waals surface area contributed by atoms with E-state index in [9.17, 15) is 23.6 Å². The second-order valence-corrected chi connectivity index (χ2v) is 9.34. The highest BCUT2D eigenvalue weighted by Gasteiger charge is 2.38. The maximum atomic E-state index is 14.2. The molecular formula is C24H25ClFN7O5. The number of anilines is 1. The van der Waals surface area contributed by atoms with E-state index in [0.717, 1.165) is 0 Å². The number of benzene rings is 2. The van der Waals surface area contributed by atoms with Crippen LogP contribution in [0.25, 0.3) is 10.9 Å². The van der Waals surface area contributed by atoms with Crippen molar-refractivity contribution >= 4 is 52.0 Å². The molecule has 12 nitrogen and oxygen atoms in total. The molecule has 4 amide bonds. The molecule has 0 atom stereocenters. The summed E-state index contributed by atoms with van der Waals surface area (Å²) < 4.78 is 15.5. The highest BCUT2D eigenvalue weighted by atomic mass is 35.5. The summed E-state index contributed by atoms with van der Waals surface area (Å²) in [5.41, 5.74) is 12.2. The third kappa shape index (κ3) is 5.78. The quantitative estimate of drug-likeness (QED) is 0.252. The summed E-state index contributed by atoms with van der Waals surface area (Å²) in [4.78, 5) is 50.3. The van der Waals surface area contributed by atoms with E-state index in [2.05, 4.69) is 15.7 Å². The molecule has 1 fully saturated rings. The molecule has 0 unspecified atom stereocenters. The van der Waals surface area contributed by atoms with Gasteiger partial charge in [0.05, 0.1) is 17.1 Å². The van der Waals surface area contributed by atoms with Crippen molar-refractivity contribution in [2.45, 2.75) is 38.0 Å². The van der Waals surface area contributed by atoms with Gasteiger partial charge in [-0.1, -0.05) is 23.7 Å². The second-order valence-electron chi connectivity index (χ2n) is 8.93. The van der Waals surface area contributed by atoms with Crippen LogP contribution in [0.5, 0.6) is 0 Å². The van der Waals surface area contributed by atoms with Gasteiger partial charge in [0.25, 0.3) is 5.91 Å². The molecule has 2 aromatic carbocycles. The van der Waals surface area contributed by atoms with Gasteiger partial charge in [0.1, 0.15) is 12.4 Å². The van der Waals surface area contributed by atoms with Crippen LogP contribution in [0.3, 0.4) is 0 Å². The molecule has 0 radical (unpaired) electrons. The molecule has 0 bridgehead atoms. The number of halogens is 2. The van der Waals surface area contributed by atoms with Gasteiger partial charge in [0, 0.05) is 35.3 Å². The van der Waals surface area contributed by atoms with Crippen molar-refractivity contribution < 1.29 is 28.7 Å². The Balaban J connectivity index is 1.52. The number of hydrogen-bond donors (Lipinski definition) is 5. The summed E-state index contributed by atoms with van der Waals surface area (Å²) in [6.07, 6.45) is -0.581. The normalized spacial score (nSPS) is 16.5. The number of nitrogens with zero attached hydrogens (tertiary/aromatic N) is 3. The first-order valence-corrected chi connectivity index (χ1v) is 12.0. The number of rotatable bonds is 9. The first-order chi connectivity index (χ1) is 18.0. The monoisotopic (exact) mass is 545 g/mol. The van der Waals surface area contributed by atoms with Crippen LogP contribution >= 0.6 is 11.6 Å². The van der Waals surface area contributed by atoms with Crippen LogP contribution < -0.4 is 22.1 Å². The van der Waals surface area contributed by atoms with E-state index in [1.54, 1.807) is 18.2 Å². The van der Waals surface area contributed by atoms with E-state index in [0.29, 0.717) is 29.4 Å². The molecule has 0 spiro atoms. The lowest BCUT2D eigenvalue weighted by molar-refractivity contribution is -0.141. The van der Waals surface area contributed by atoms with Crippen LogP contribution in [-0.2, 0) is 22.7 Å². The van der Waals surface area contributed by atoms with Crippen molar-refractivity contribution in [2.75, 3.05) is 12.3 Å². The maximum absolute atomic E-state index is 14.2. The fraction of sp³-hybridized carbons (Fsp3) is 0.292. The maximum Gasteiger partial charge on any atom is 0.404 e. The van der Waals surface area contributed by atoms with Gasteiger partial charge in [0.15, 0.2) is 5.69 Å². The number of aromatic nitrogens is 2. The minimum absolute atomic E-state index is 0.0534. The van der Waals surface area contributed by atoms with Gasteiger partial charge in [-0.3, -0.25) is 19.1 Å². The van der Waals surface area contributed by atoms with Crippen molar-refractivity contribution in [3.05, 3.63) is 58.5 Å². The summed E-state index contributed by atoms with van der Waals surface area (Å²) in [6, 6.07) is 8.33. The van der Waals surface area contributed by atoms with Crippen molar-refractivity contribution in [2.24, 2.45) is 5.73 Å². The zero-order chi connectivity index (χ0) is 27.6. The number of nitrogens with two attached hydrogens (primary N) is 2. The molecule has 4 rings (SSSR count). The smallest absolute Gasteiger partial charge is 0.404 e. The Morgan fingerprint density at radius 2 is 1.95 bits per heavy atom. The van der Waals surface area contributed by atoms with E-state index in [1.165, 1.54) is 27.8 Å². The summed E-state index contributed by atoms with van der Waals surface area (Å²) in [6.45, 7) is -0.827. The number of fused-ring (bicyclic) bond motifs is 1. The van der Waals surface area contributed by atoms with Gasteiger partial charge >= 0.3 is 6.09 Å². The molecule has 0 saturated heterocycles. The average Bonchev–Trinajstić information content (AvgIpc) is 3.18. The van der Waals surface area contributed by atoms with Crippen LogP contribution in [0.4, 0.5) is 14.9 Å². The first-order valence-electron chi connectivity index (χ1n) is 11.6. The lowest BCUT2D eigenvalue weighted by Gasteiger charge is -2.42. The van der Waals surface area contributed by atoms with Gasteiger partial charge < -0.3 is 32.1 Å². The number of primary amides is 1. The molecule has 3 aromatic rings. The molecule has 1 heterocycles. The first kappa shape index (κ1) is 26.7. The van der Waals surface area contributed by atoms with E-state index in [1.807, 2.05) is 0 Å². The van der Waals surface area contributed by atoms with E-state index >= 15 is 0 Å². The average molecular weight is 546 g/mol. The predicted molar refractivity (Wildman–Crippen MR) is 136 cm³/mol. The van der Waals surface area contributed by atoms with Gasteiger partial charge in [-0.05, 0) is 37.1 Å². The minimum atomic E-state index is -1.19. The number of nitrogens with one attached hydrogen (secondary N) is 2. The van der Waals surface area contributed by atoms with Gasteiger partial charge in [-0.25, -0.2) is 9.18 Å². The van der Waals surface area contributed by atoms with E-state index in [4.69, 9.17) is 28.2 Å². The van der Waals surface area contributed by atoms with Crippen molar-refractivity contribution in [1.82, 2.24) is 25.3 Å². The minimum Gasteiger partial charge on any atom is -0.465 e. The molecule has 0 aliphatic heterocycles. The lowest BCUT2D eigenvalue weighted by atomic mass is 9.85. The topological polar surface area (TPSA) is 186 Å². The number of hydrogen-bond acceptors (Lipinski definition) is 6. The van der Waals surface area contributed by atoms with Gasteiger partial charge in [-0.15, -0.1) is 0 Å². The van der Waals surface area contributed by atoms with Crippen molar-refractivity contribution in [3.8, 4) is 0 Å². The summed E-state index contributed by atoms with van der Waals surface area (Å²) >= 11 is 5.79. The van der Waals surface area contributed by atoms with Crippen molar-refractivity contribution in [1.29, 1.82) is 0 Å². The molecule has 1 saturated carbocycles. The van der Waals surface area contributed by atoms with Crippen LogP contribution in [0.1, 0.15) is 28.9 Å². The van der Waals surface area contributed by atoms with Crippen molar-refractivity contribution in [3.63, 3.8) is 0 Å². The molecule has 1 aromatic heterocycles. The molecule has 7 N–H and O–H groups in total. The summed E-state index contributed by atoms with van der Waals surface area (Å²) in [5.74, 6) is -2.49. The SMILES string of the molecule is NC(=O)c1nn(CC(=O)N(CC(=O)NCc2cccc(Cl)c2F)C2CC(NC(=O)O)C2)c2ccc(N)cc12. The zero-order valence-corrected chi connectivity index (χ0v) is 20.7. The highest BCUT2D eigenvalue weighted by Crippen LogP contribution is 2.27. The summed E-state index contributed by atoms with van der Waals surface area (Å²) in [7, 11) is 0.